The Bertz CT molecular complexity index is 545. The average Bonchev–Trinajstić information content (AvgIpc) is 2.29. The van der Waals surface area contributed by atoms with Crippen LogP contribution < -0.4 is 0 Å². The summed E-state index contributed by atoms with van der Waals surface area (Å²) in [6.07, 6.45) is 0.641. The molecule has 0 saturated carbocycles. The Kier molecular flexibility index (Phi) is 3.23. The van der Waals surface area contributed by atoms with Crippen molar-refractivity contribution in [2.45, 2.75) is 20.3 Å². The van der Waals surface area contributed by atoms with Gasteiger partial charge in [0, 0.05) is 5.56 Å². The summed E-state index contributed by atoms with van der Waals surface area (Å²) < 4.78 is 27.4. The van der Waals surface area contributed by atoms with Crippen LogP contribution in [-0.2, 0) is 6.42 Å². The largest absolute Gasteiger partial charge is 0.207 e. The van der Waals surface area contributed by atoms with Crippen molar-refractivity contribution in [2.75, 3.05) is 0 Å². The van der Waals surface area contributed by atoms with Gasteiger partial charge in [-0.2, -0.15) is 0 Å². The van der Waals surface area contributed by atoms with E-state index in [-0.39, 0.29) is 11.6 Å². The number of rotatable bonds is 2. The van der Waals surface area contributed by atoms with Crippen LogP contribution in [0.4, 0.5) is 8.78 Å². The number of hydrogen-bond acceptors (Lipinski definition) is 0. The molecule has 88 valence electrons. The van der Waals surface area contributed by atoms with Crippen LogP contribution in [0.2, 0.25) is 0 Å². The summed E-state index contributed by atoms with van der Waals surface area (Å²) in [5.74, 6) is -0.585. The molecular weight excluding hydrogens is 218 g/mol. The highest BCUT2D eigenvalue weighted by molar-refractivity contribution is 5.65. The highest BCUT2D eigenvalue weighted by Crippen LogP contribution is 2.25. The Labute approximate surface area is 99.9 Å². The van der Waals surface area contributed by atoms with Gasteiger partial charge in [-0.05, 0) is 42.2 Å². The second-order valence-corrected chi connectivity index (χ2v) is 4.14. The second kappa shape index (κ2) is 4.66. The van der Waals surface area contributed by atoms with Crippen LogP contribution in [0.15, 0.2) is 36.4 Å². The molecule has 0 heterocycles. The van der Waals surface area contributed by atoms with Gasteiger partial charge < -0.3 is 0 Å². The van der Waals surface area contributed by atoms with Crippen LogP contribution in [0, 0.1) is 18.6 Å². The van der Waals surface area contributed by atoms with Gasteiger partial charge in [0.2, 0.25) is 0 Å². The third-order valence-corrected chi connectivity index (χ3v) is 2.87. The maximum Gasteiger partial charge on any atom is 0.131 e. The van der Waals surface area contributed by atoms with E-state index in [1.165, 1.54) is 12.1 Å². The minimum Gasteiger partial charge on any atom is -0.207 e. The van der Waals surface area contributed by atoms with E-state index >= 15 is 0 Å². The van der Waals surface area contributed by atoms with Gasteiger partial charge in [0.1, 0.15) is 11.6 Å². The average molecular weight is 232 g/mol. The summed E-state index contributed by atoms with van der Waals surface area (Å²) in [6, 6.07) is 9.84. The van der Waals surface area contributed by atoms with Gasteiger partial charge in [-0.3, -0.25) is 0 Å². The van der Waals surface area contributed by atoms with E-state index in [0.717, 1.165) is 5.56 Å². The SMILES string of the molecule is CCc1ccc(-c2ccc(C)cc2F)cc1F. The molecule has 2 aromatic rings. The Morgan fingerprint density at radius 1 is 0.941 bits per heavy atom. The molecule has 0 aliphatic rings. The molecule has 0 atom stereocenters. The first-order chi connectivity index (χ1) is 8.11. The summed E-state index contributed by atoms with van der Waals surface area (Å²) >= 11 is 0. The number of aryl methyl sites for hydroxylation is 2. The van der Waals surface area contributed by atoms with E-state index in [1.807, 2.05) is 19.9 Å². The van der Waals surface area contributed by atoms with Gasteiger partial charge in [0.05, 0.1) is 0 Å². The molecule has 0 amide bonds. The molecule has 0 nitrogen and oxygen atoms in total. The molecular formula is C15H14F2. The highest BCUT2D eigenvalue weighted by Gasteiger charge is 2.08. The summed E-state index contributed by atoms with van der Waals surface area (Å²) in [5, 5.41) is 0. The molecule has 0 aliphatic heterocycles. The molecule has 2 aromatic carbocycles. The predicted octanol–water partition coefficient (Wildman–Crippen LogP) is 4.50. The third kappa shape index (κ3) is 2.36. The lowest BCUT2D eigenvalue weighted by Crippen LogP contribution is -1.91. The van der Waals surface area contributed by atoms with E-state index in [9.17, 15) is 8.78 Å². The topological polar surface area (TPSA) is 0 Å². The van der Waals surface area contributed by atoms with E-state index < -0.39 is 0 Å². The Hall–Kier alpha value is -1.70. The van der Waals surface area contributed by atoms with Crippen molar-refractivity contribution >= 4 is 0 Å². The molecule has 0 N–H and O–H groups in total. The van der Waals surface area contributed by atoms with Crippen LogP contribution in [-0.4, -0.2) is 0 Å². The molecule has 0 spiro atoms. The van der Waals surface area contributed by atoms with Gasteiger partial charge in [-0.1, -0.05) is 31.2 Å². The first-order valence-electron chi connectivity index (χ1n) is 5.66. The van der Waals surface area contributed by atoms with Crippen molar-refractivity contribution in [1.82, 2.24) is 0 Å². The van der Waals surface area contributed by atoms with Crippen molar-refractivity contribution in [3.63, 3.8) is 0 Å². The Morgan fingerprint density at radius 3 is 2.29 bits per heavy atom. The molecule has 2 heteroatoms. The summed E-state index contributed by atoms with van der Waals surface area (Å²) in [5.41, 5.74) is 2.53. The fourth-order valence-corrected chi connectivity index (χ4v) is 1.86. The lowest BCUT2D eigenvalue weighted by Gasteiger charge is -2.06. The lowest BCUT2D eigenvalue weighted by atomic mass is 10.0. The van der Waals surface area contributed by atoms with E-state index in [1.54, 1.807) is 18.2 Å². The molecule has 0 saturated heterocycles. The molecule has 0 radical (unpaired) electrons. The normalized spacial score (nSPS) is 10.6. The smallest absolute Gasteiger partial charge is 0.131 e. The first kappa shape index (κ1) is 11.8. The second-order valence-electron chi connectivity index (χ2n) is 4.14. The van der Waals surface area contributed by atoms with Crippen LogP contribution in [0.5, 0.6) is 0 Å². The van der Waals surface area contributed by atoms with Gasteiger partial charge in [0.25, 0.3) is 0 Å². The van der Waals surface area contributed by atoms with Crippen molar-refractivity contribution in [3.05, 3.63) is 59.2 Å². The third-order valence-electron chi connectivity index (χ3n) is 2.87. The molecule has 0 aliphatic carbocycles. The maximum absolute atomic E-state index is 13.7. The van der Waals surface area contributed by atoms with E-state index in [4.69, 9.17) is 0 Å². The summed E-state index contributed by atoms with van der Waals surface area (Å²) in [7, 11) is 0. The molecule has 17 heavy (non-hydrogen) atoms. The van der Waals surface area contributed by atoms with Gasteiger partial charge in [-0.15, -0.1) is 0 Å². The zero-order chi connectivity index (χ0) is 12.4. The highest BCUT2D eigenvalue weighted by atomic mass is 19.1. The van der Waals surface area contributed by atoms with E-state index in [2.05, 4.69) is 0 Å². The number of hydrogen-bond donors (Lipinski definition) is 0. The minimum atomic E-state index is -0.311. The van der Waals surface area contributed by atoms with Gasteiger partial charge in [-0.25, -0.2) is 8.78 Å². The van der Waals surface area contributed by atoms with Crippen molar-refractivity contribution in [2.24, 2.45) is 0 Å². The van der Waals surface area contributed by atoms with Crippen LogP contribution in [0.3, 0.4) is 0 Å². The zero-order valence-corrected chi connectivity index (χ0v) is 9.93. The standard InChI is InChI=1S/C15H14F2/c1-3-11-5-6-12(9-14(11)16)13-7-4-10(2)8-15(13)17/h4-9H,3H2,1-2H3. The monoisotopic (exact) mass is 232 g/mol. The van der Waals surface area contributed by atoms with Crippen molar-refractivity contribution in [3.8, 4) is 11.1 Å². The fourth-order valence-electron chi connectivity index (χ4n) is 1.86. The Morgan fingerprint density at radius 2 is 1.71 bits per heavy atom. The molecule has 2 rings (SSSR count). The Balaban J connectivity index is 2.50. The summed E-state index contributed by atoms with van der Waals surface area (Å²) in [4.78, 5) is 0. The molecule has 0 unspecified atom stereocenters. The lowest BCUT2D eigenvalue weighted by molar-refractivity contribution is 0.611. The minimum absolute atomic E-state index is 0.273. The maximum atomic E-state index is 13.7. The summed E-state index contributed by atoms with van der Waals surface area (Å²) in [6.45, 7) is 3.72. The molecule has 0 bridgehead atoms. The number of halogens is 2. The predicted molar refractivity (Wildman–Crippen MR) is 65.9 cm³/mol. The zero-order valence-electron chi connectivity index (χ0n) is 9.93. The fraction of sp³-hybridized carbons (Fsp3) is 0.200. The van der Waals surface area contributed by atoms with E-state index in [0.29, 0.717) is 23.1 Å². The number of benzene rings is 2. The quantitative estimate of drug-likeness (QED) is 0.715. The van der Waals surface area contributed by atoms with Crippen molar-refractivity contribution in [1.29, 1.82) is 0 Å². The van der Waals surface area contributed by atoms with Crippen LogP contribution in [0.1, 0.15) is 18.1 Å². The van der Waals surface area contributed by atoms with Gasteiger partial charge in [0.15, 0.2) is 0 Å². The van der Waals surface area contributed by atoms with Crippen LogP contribution >= 0.6 is 0 Å². The van der Waals surface area contributed by atoms with Gasteiger partial charge >= 0.3 is 0 Å². The molecule has 0 fully saturated rings. The first-order valence-corrected chi connectivity index (χ1v) is 5.66. The van der Waals surface area contributed by atoms with Crippen molar-refractivity contribution < 1.29 is 8.78 Å². The molecule has 0 aromatic heterocycles. The van der Waals surface area contributed by atoms with Crippen LogP contribution in [0.25, 0.3) is 11.1 Å².